The van der Waals surface area contributed by atoms with Gasteiger partial charge in [0.1, 0.15) is 0 Å². The lowest BCUT2D eigenvalue weighted by Gasteiger charge is -2.35. The first-order chi connectivity index (χ1) is 12.2. The lowest BCUT2D eigenvalue weighted by molar-refractivity contribution is -0.0502. The molecule has 0 radical (unpaired) electrons. The second kappa shape index (κ2) is 6.90. The van der Waals surface area contributed by atoms with Crippen LogP contribution in [0.5, 0.6) is 0 Å². The van der Waals surface area contributed by atoms with Crippen molar-refractivity contribution in [3.63, 3.8) is 0 Å². The van der Waals surface area contributed by atoms with Crippen LogP contribution in [0.4, 0.5) is 4.39 Å². The highest BCUT2D eigenvalue weighted by atomic mass is 19.1. The van der Waals surface area contributed by atoms with Gasteiger partial charge in [0.2, 0.25) is 0 Å². The van der Waals surface area contributed by atoms with Crippen LogP contribution in [-0.4, -0.2) is 47.6 Å². The number of hydrogen-bond acceptors (Lipinski definition) is 4. The van der Waals surface area contributed by atoms with Gasteiger partial charge in [-0.15, -0.1) is 0 Å². The van der Waals surface area contributed by atoms with Gasteiger partial charge in [-0.2, -0.15) is 0 Å². The largest absolute Gasteiger partial charge is 0.371 e. The number of carbonyl (C=O) groups is 1. The molecule has 3 atom stereocenters. The minimum atomic E-state index is -0.594. The molecule has 0 bridgehead atoms. The minimum Gasteiger partial charge on any atom is -0.371 e. The fourth-order valence-electron chi connectivity index (χ4n) is 3.67. The van der Waals surface area contributed by atoms with E-state index in [0.29, 0.717) is 12.6 Å². The Kier molecular flexibility index (Phi) is 4.46. The minimum absolute atomic E-state index is 0.00295. The smallest absolute Gasteiger partial charge is 0.254 e. The molecule has 130 valence electrons. The molecule has 1 aromatic carbocycles. The summed E-state index contributed by atoms with van der Waals surface area (Å²) in [7, 11) is 0. The summed E-state index contributed by atoms with van der Waals surface area (Å²) in [6.07, 6.45) is 3.36. The Hall–Kier alpha value is -2.31. The summed E-state index contributed by atoms with van der Waals surface area (Å²) in [5.74, 6) is -0.978. The van der Waals surface area contributed by atoms with E-state index < -0.39 is 5.82 Å². The average Bonchev–Trinajstić information content (AvgIpc) is 3.04. The predicted molar refractivity (Wildman–Crippen MR) is 90.6 cm³/mol. The van der Waals surface area contributed by atoms with E-state index in [9.17, 15) is 9.18 Å². The average molecular weight is 341 g/mol. The number of nitrogens with one attached hydrogen (secondary N) is 1. The molecule has 1 N–H and O–H groups in total. The molecule has 25 heavy (non-hydrogen) atoms. The van der Waals surface area contributed by atoms with Gasteiger partial charge >= 0.3 is 0 Å². The van der Waals surface area contributed by atoms with Crippen molar-refractivity contribution in [1.29, 1.82) is 0 Å². The first-order valence-electron chi connectivity index (χ1n) is 8.51. The monoisotopic (exact) mass is 341 g/mol. The molecule has 0 spiro atoms. The van der Waals surface area contributed by atoms with Gasteiger partial charge in [0.25, 0.3) is 5.91 Å². The Bertz CT molecular complexity index is 755. The molecular weight excluding hydrogens is 321 g/mol. The van der Waals surface area contributed by atoms with E-state index in [1.165, 1.54) is 17.8 Å². The van der Waals surface area contributed by atoms with Crippen LogP contribution >= 0.6 is 0 Å². The zero-order valence-electron chi connectivity index (χ0n) is 13.8. The third kappa shape index (κ3) is 3.41. The molecule has 0 aliphatic carbocycles. The number of ether oxygens (including phenoxy) is 1. The van der Waals surface area contributed by atoms with Crippen molar-refractivity contribution in [1.82, 2.24) is 15.2 Å². The van der Waals surface area contributed by atoms with Crippen molar-refractivity contribution in [2.24, 2.45) is 0 Å². The van der Waals surface area contributed by atoms with Crippen molar-refractivity contribution in [2.75, 3.05) is 19.7 Å². The molecular formula is C19H20FN3O2. The standard InChI is InChI=1S/C19H20FN3O2/c20-17-9-21-7-6-16(17)19(24)22-14-8-15-12-25-18(11-23(15)10-14)13-4-2-1-3-5-13/h1-7,9,14-15,18H,8,10-12H2,(H,22,24)/t14-,15+,18-/m1/s1. The number of hydrogen-bond donors (Lipinski definition) is 1. The van der Waals surface area contributed by atoms with Crippen LogP contribution in [0.15, 0.2) is 48.8 Å². The number of rotatable bonds is 3. The molecule has 1 amide bonds. The summed E-state index contributed by atoms with van der Waals surface area (Å²) >= 11 is 0. The van der Waals surface area contributed by atoms with E-state index in [0.717, 1.165) is 25.7 Å². The van der Waals surface area contributed by atoms with E-state index in [1.807, 2.05) is 18.2 Å². The molecule has 2 aromatic rings. The maximum absolute atomic E-state index is 13.7. The number of aromatic nitrogens is 1. The maximum atomic E-state index is 13.7. The topological polar surface area (TPSA) is 54.5 Å². The molecule has 2 fully saturated rings. The molecule has 1 aromatic heterocycles. The van der Waals surface area contributed by atoms with Gasteiger partial charge in [-0.3, -0.25) is 14.7 Å². The Balaban J connectivity index is 1.38. The first kappa shape index (κ1) is 16.2. The number of carbonyl (C=O) groups excluding carboxylic acids is 1. The van der Waals surface area contributed by atoms with Gasteiger partial charge in [-0.1, -0.05) is 30.3 Å². The summed E-state index contributed by atoms with van der Waals surface area (Å²) < 4.78 is 19.7. The van der Waals surface area contributed by atoms with E-state index >= 15 is 0 Å². The second-order valence-corrected chi connectivity index (χ2v) is 6.60. The third-order valence-corrected chi connectivity index (χ3v) is 4.94. The van der Waals surface area contributed by atoms with Crippen LogP contribution in [0.1, 0.15) is 28.4 Å². The van der Waals surface area contributed by atoms with Gasteiger partial charge in [-0.25, -0.2) is 4.39 Å². The zero-order chi connectivity index (χ0) is 17.2. The predicted octanol–water partition coefficient (Wildman–Crippen LogP) is 2.16. The number of nitrogens with zero attached hydrogens (tertiary/aromatic N) is 2. The van der Waals surface area contributed by atoms with Crippen molar-refractivity contribution >= 4 is 5.91 Å². The van der Waals surface area contributed by atoms with Gasteiger partial charge in [-0.05, 0) is 18.1 Å². The SMILES string of the molecule is O=C(N[C@@H]1C[C@H]2CO[C@@H](c3ccccc3)CN2C1)c1ccncc1F. The second-order valence-electron chi connectivity index (χ2n) is 6.60. The highest BCUT2D eigenvalue weighted by Gasteiger charge is 2.38. The number of morpholine rings is 1. The number of halogens is 1. The van der Waals surface area contributed by atoms with Crippen LogP contribution in [-0.2, 0) is 4.74 Å². The quantitative estimate of drug-likeness (QED) is 0.930. The fraction of sp³-hybridized carbons (Fsp3) is 0.368. The summed E-state index contributed by atoms with van der Waals surface area (Å²) in [5, 5.41) is 2.94. The molecule has 2 saturated heterocycles. The Morgan fingerprint density at radius 2 is 2.08 bits per heavy atom. The molecule has 5 nitrogen and oxygen atoms in total. The highest BCUT2D eigenvalue weighted by Crippen LogP contribution is 2.30. The van der Waals surface area contributed by atoms with Gasteiger partial charge in [0.15, 0.2) is 5.82 Å². The Morgan fingerprint density at radius 1 is 1.24 bits per heavy atom. The lowest BCUT2D eigenvalue weighted by Crippen LogP contribution is -2.43. The first-order valence-corrected chi connectivity index (χ1v) is 8.51. The van der Waals surface area contributed by atoms with E-state index in [2.05, 4.69) is 27.3 Å². The van der Waals surface area contributed by atoms with Crippen LogP contribution in [0.25, 0.3) is 0 Å². The van der Waals surface area contributed by atoms with Crippen LogP contribution in [0.2, 0.25) is 0 Å². The van der Waals surface area contributed by atoms with Crippen molar-refractivity contribution in [2.45, 2.75) is 24.6 Å². The molecule has 4 rings (SSSR count). The van der Waals surface area contributed by atoms with Crippen LogP contribution < -0.4 is 5.32 Å². The normalized spacial score (nSPS) is 26.2. The van der Waals surface area contributed by atoms with Crippen molar-refractivity contribution < 1.29 is 13.9 Å². The van der Waals surface area contributed by atoms with E-state index in [4.69, 9.17) is 4.74 Å². The third-order valence-electron chi connectivity index (χ3n) is 4.94. The van der Waals surface area contributed by atoms with Crippen LogP contribution in [0, 0.1) is 5.82 Å². The number of fused-ring (bicyclic) bond motifs is 1. The molecule has 3 heterocycles. The Labute approximate surface area is 145 Å². The number of amides is 1. The summed E-state index contributed by atoms with van der Waals surface area (Å²) in [4.78, 5) is 18.3. The maximum Gasteiger partial charge on any atom is 0.254 e. The molecule has 0 saturated carbocycles. The fourth-order valence-corrected chi connectivity index (χ4v) is 3.67. The molecule has 0 unspecified atom stereocenters. The highest BCUT2D eigenvalue weighted by molar-refractivity contribution is 5.94. The van der Waals surface area contributed by atoms with Gasteiger partial charge in [0.05, 0.1) is 24.5 Å². The van der Waals surface area contributed by atoms with E-state index in [-0.39, 0.29) is 23.6 Å². The van der Waals surface area contributed by atoms with Crippen molar-refractivity contribution in [3.8, 4) is 0 Å². The summed E-state index contributed by atoms with van der Waals surface area (Å²) in [6, 6.07) is 11.9. The van der Waals surface area contributed by atoms with Crippen LogP contribution in [0.3, 0.4) is 0 Å². The van der Waals surface area contributed by atoms with E-state index in [1.54, 1.807) is 0 Å². The lowest BCUT2D eigenvalue weighted by atomic mass is 10.1. The molecule has 2 aliphatic rings. The van der Waals surface area contributed by atoms with Crippen molar-refractivity contribution in [3.05, 3.63) is 65.7 Å². The summed E-state index contributed by atoms with van der Waals surface area (Å²) in [6.45, 7) is 2.22. The number of benzene rings is 1. The van der Waals surface area contributed by atoms with Gasteiger partial charge < -0.3 is 10.1 Å². The summed E-state index contributed by atoms with van der Waals surface area (Å²) in [5.41, 5.74) is 1.21. The zero-order valence-corrected chi connectivity index (χ0v) is 13.8. The molecule has 6 heteroatoms. The molecule has 2 aliphatic heterocycles. The Morgan fingerprint density at radius 3 is 2.88 bits per heavy atom. The number of pyridine rings is 1. The van der Waals surface area contributed by atoms with Gasteiger partial charge in [0, 0.05) is 31.4 Å².